The molecule has 0 aliphatic carbocycles. The maximum absolute atomic E-state index is 13.7. The van der Waals surface area contributed by atoms with Crippen LogP contribution in [0.2, 0.25) is 0 Å². The Morgan fingerprint density at radius 1 is 1.06 bits per heavy atom. The molecule has 2 heterocycles. The Balaban J connectivity index is 1.29. The molecular formula is C27H28FN3O4. The Bertz CT molecular complexity index is 1200. The molecule has 0 saturated carbocycles. The fourth-order valence-electron chi connectivity index (χ4n) is 4.17. The standard InChI is InChI=1S/C27H28FN3O4/c1-18-8-9-21(17-23(18)30-26(33)24-7-4-16-35-24)27(34)31-14-11-20(12-15-31)25(32)29-13-10-19-5-2-3-6-22(19)28/h2-9,16-17,20H,10-15H2,1H3,(H,29,32)(H,30,33). The zero-order valence-corrected chi connectivity index (χ0v) is 19.6. The number of aryl methyl sites for hydroxylation is 1. The van der Waals surface area contributed by atoms with Crippen molar-refractivity contribution in [3.8, 4) is 0 Å². The van der Waals surface area contributed by atoms with Crippen LogP contribution in [0.3, 0.4) is 0 Å². The minimum atomic E-state index is -0.385. The number of benzene rings is 2. The topological polar surface area (TPSA) is 91.7 Å². The quantitative estimate of drug-likeness (QED) is 0.534. The number of nitrogens with zero attached hydrogens (tertiary/aromatic N) is 1. The third kappa shape index (κ3) is 5.95. The van der Waals surface area contributed by atoms with E-state index in [1.165, 1.54) is 12.3 Å². The lowest BCUT2D eigenvalue weighted by Crippen LogP contribution is -2.43. The number of nitrogens with one attached hydrogen (secondary N) is 2. The van der Waals surface area contributed by atoms with Crippen LogP contribution in [-0.2, 0) is 11.2 Å². The van der Waals surface area contributed by atoms with Crippen LogP contribution in [0, 0.1) is 18.7 Å². The maximum Gasteiger partial charge on any atom is 0.291 e. The van der Waals surface area contributed by atoms with Gasteiger partial charge in [-0.3, -0.25) is 14.4 Å². The van der Waals surface area contributed by atoms with E-state index in [1.807, 2.05) is 6.92 Å². The summed E-state index contributed by atoms with van der Waals surface area (Å²) < 4.78 is 18.9. The van der Waals surface area contributed by atoms with E-state index in [-0.39, 0.29) is 35.2 Å². The summed E-state index contributed by atoms with van der Waals surface area (Å²) in [6.07, 6.45) is 2.98. The van der Waals surface area contributed by atoms with Gasteiger partial charge in [-0.1, -0.05) is 24.3 Å². The molecule has 4 rings (SSSR count). The van der Waals surface area contributed by atoms with Gasteiger partial charge in [-0.2, -0.15) is 0 Å². The number of anilines is 1. The van der Waals surface area contributed by atoms with Crippen molar-refractivity contribution in [2.75, 3.05) is 25.0 Å². The number of carbonyl (C=O) groups excluding carboxylic acids is 3. The minimum Gasteiger partial charge on any atom is -0.459 e. The second-order valence-electron chi connectivity index (χ2n) is 8.66. The van der Waals surface area contributed by atoms with Gasteiger partial charge < -0.3 is 20.0 Å². The van der Waals surface area contributed by atoms with Gasteiger partial charge in [-0.15, -0.1) is 0 Å². The van der Waals surface area contributed by atoms with Crippen molar-refractivity contribution in [2.24, 2.45) is 5.92 Å². The fraction of sp³-hybridized carbons (Fsp3) is 0.296. The molecule has 1 saturated heterocycles. The van der Waals surface area contributed by atoms with Crippen LogP contribution in [0.4, 0.5) is 10.1 Å². The average molecular weight is 478 g/mol. The van der Waals surface area contributed by atoms with Crippen LogP contribution in [0.5, 0.6) is 0 Å². The first-order chi connectivity index (χ1) is 16.9. The molecule has 35 heavy (non-hydrogen) atoms. The van der Waals surface area contributed by atoms with E-state index in [1.54, 1.807) is 53.4 Å². The van der Waals surface area contributed by atoms with E-state index in [2.05, 4.69) is 10.6 Å². The van der Waals surface area contributed by atoms with Gasteiger partial charge >= 0.3 is 0 Å². The Morgan fingerprint density at radius 2 is 1.83 bits per heavy atom. The molecule has 0 radical (unpaired) electrons. The summed E-state index contributed by atoms with van der Waals surface area (Å²) in [4.78, 5) is 39.7. The summed E-state index contributed by atoms with van der Waals surface area (Å²) in [7, 11) is 0. The molecule has 7 nitrogen and oxygen atoms in total. The van der Waals surface area contributed by atoms with Crippen LogP contribution in [0.1, 0.15) is 44.9 Å². The highest BCUT2D eigenvalue weighted by Gasteiger charge is 2.28. The Morgan fingerprint density at radius 3 is 2.54 bits per heavy atom. The average Bonchev–Trinajstić information content (AvgIpc) is 3.41. The largest absolute Gasteiger partial charge is 0.459 e. The third-order valence-electron chi connectivity index (χ3n) is 6.28. The van der Waals surface area contributed by atoms with Gasteiger partial charge in [0.05, 0.1) is 6.26 Å². The maximum atomic E-state index is 13.7. The van der Waals surface area contributed by atoms with Gasteiger partial charge in [0.15, 0.2) is 5.76 Å². The molecule has 0 atom stereocenters. The van der Waals surface area contributed by atoms with Gasteiger partial charge in [0, 0.05) is 36.8 Å². The first-order valence-electron chi connectivity index (χ1n) is 11.7. The molecular weight excluding hydrogens is 449 g/mol. The zero-order valence-electron chi connectivity index (χ0n) is 19.6. The lowest BCUT2D eigenvalue weighted by atomic mass is 9.95. The summed E-state index contributed by atoms with van der Waals surface area (Å²) in [5, 5.41) is 5.68. The lowest BCUT2D eigenvalue weighted by molar-refractivity contribution is -0.126. The molecule has 2 N–H and O–H groups in total. The number of hydrogen-bond donors (Lipinski definition) is 2. The van der Waals surface area contributed by atoms with Crippen molar-refractivity contribution in [2.45, 2.75) is 26.2 Å². The Kier molecular flexibility index (Phi) is 7.60. The number of piperidine rings is 1. The van der Waals surface area contributed by atoms with Crippen molar-refractivity contribution in [3.05, 3.63) is 89.1 Å². The Hall–Kier alpha value is -3.94. The van der Waals surface area contributed by atoms with Crippen molar-refractivity contribution >= 4 is 23.4 Å². The predicted molar refractivity (Wildman–Crippen MR) is 130 cm³/mol. The molecule has 3 aromatic rings. The van der Waals surface area contributed by atoms with Crippen molar-refractivity contribution < 1.29 is 23.2 Å². The molecule has 1 aromatic heterocycles. The minimum absolute atomic E-state index is 0.0632. The van der Waals surface area contributed by atoms with E-state index in [4.69, 9.17) is 4.42 Å². The molecule has 0 spiro atoms. The molecule has 0 bridgehead atoms. The van der Waals surface area contributed by atoms with Crippen molar-refractivity contribution in [3.63, 3.8) is 0 Å². The smallest absolute Gasteiger partial charge is 0.291 e. The molecule has 1 aliphatic heterocycles. The number of rotatable bonds is 7. The molecule has 3 amide bonds. The fourth-order valence-corrected chi connectivity index (χ4v) is 4.17. The normalized spacial score (nSPS) is 13.9. The summed E-state index contributed by atoms with van der Waals surface area (Å²) >= 11 is 0. The number of furan rings is 1. The second-order valence-corrected chi connectivity index (χ2v) is 8.66. The molecule has 182 valence electrons. The number of likely N-dealkylation sites (tertiary alicyclic amines) is 1. The van der Waals surface area contributed by atoms with Crippen LogP contribution in [0.15, 0.2) is 65.3 Å². The number of halogens is 1. The van der Waals surface area contributed by atoms with Crippen LogP contribution in [-0.4, -0.2) is 42.3 Å². The first kappa shape index (κ1) is 24.2. The van der Waals surface area contributed by atoms with E-state index in [0.29, 0.717) is 55.7 Å². The first-order valence-corrected chi connectivity index (χ1v) is 11.7. The van der Waals surface area contributed by atoms with E-state index >= 15 is 0 Å². The van der Waals surface area contributed by atoms with Crippen LogP contribution >= 0.6 is 0 Å². The molecule has 8 heteroatoms. The summed E-state index contributed by atoms with van der Waals surface area (Å²) in [6, 6.07) is 14.9. The summed E-state index contributed by atoms with van der Waals surface area (Å²) in [5.74, 6) is -0.849. The monoisotopic (exact) mass is 477 g/mol. The highest BCUT2D eigenvalue weighted by atomic mass is 19.1. The molecule has 1 fully saturated rings. The van der Waals surface area contributed by atoms with Gasteiger partial charge in [-0.05, 0) is 67.6 Å². The SMILES string of the molecule is Cc1ccc(C(=O)N2CCC(C(=O)NCCc3ccccc3F)CC2)cc1NC(=O)c1ccco1. The lowest BCUT2D eigenvalue weighted by Gasteiger charge is -2.31. The predicted octanol–water partition coefficient (Wildman–Crippen LogP) is 4.19. The molecule has 2 aromatic carbocycles. The zero-order chi connectivity index (χ0) is 24.8. The van der Waals surface area contributed by atoms with Gasteiger partial charge in [0.25, 0.3) is 11.8 Å². The summed E-state index contributed by atoms with van der Waals surface area (Å²) in [6.45, 7) is 3.15. The van der Waals surface area contributed by atoms with Crippen molar-refractivity contribution in [1.82, 2.24) is 10.2 Å². The van der Waals surface area contributed by atoms with E-state index in [9.17, 15) is 18.8 Å². The van der Waals surface area contributed by atoms with E-state index < -0.39 is 0 Å². The van der Waals surface area contributed by atoms with Gasteiger partial charge in [0.2, 0.25) is 5.91 Å². The van der Waals surface area contributed by atoms with E-state index in [0.717, 1.165) is 5.56 Å². The van der Waals surface area contributed by atoms with Gasteiger partial charge in [0.1, 0.15) is 5.82 Å². The molecule has 0 unspecified atom stereocenters. The summed E-state index contributed by atoms with van der Waals surface area (Å²) in [5.41, 5.74) is 2.41. The third-order valence-corrected chi connectivity index (χ3v) is 6.28. The highest BCUT2D eigenvalue weighted by Crippen LogP contribution is 2.23. The second kappa shape index (κ2) is 11.0. The number of amides is 3. The Labute approximate surface area is 203 Å². The van der Waals surface area contributed by atoms with Crippen LogP contribution < -0.4 is 10.6 Å². The number of carbonyl (C=O) groups is 3. The van der Waals surface area contributed by atoms with Gasteiger partial charge in [-0.25, -0.2) is 4.39 Å². The highest BCUT2D eigenvalue weighted by molar-refractivity contribution is 6.04. The van der Waals surface area contributed by atoms with Crippen LogP contribution in [0.25, 0.3) is 0 Å². The number of hydrogen-bond acceptors (Lipinski definition) is 4. The molecule has 1 aliphatic rings. The van der Waals surface area contributed by atoms with Crippen molar-refractivity contribution in [1.29, 1.82) is 0 Å².